The second-order valence-electron chi connectivity index (χ2n) is 8.34. The lowest BCUT2D eigenvalue weighted by Crippen LogP contribution is -2.35. The molecule has 1 fully saturated rings. The Morgan fingerprint density at radius 3 is 2.55 bits per heavy atom. The largest absolute Gasteiger partial charge is 0.351 e. The second-order valence-corrected chi connectivity index (χ2v) is 8.34. The highest BCUT2D eigenvalue weighted by Gasteiger charge is 2.30. The average molecular weight is 392 g/mol. The van der Waals surface area contributed by atoms with Gasteiger partial charge in [0.1, 0.15) is 0 Å². The van der Waals surface area contributed by atoms with E-state index >= 15 is 0 Å². The van der Waals surface area contributed by atoms with Gasteiger partial charge in [-0.25, -0.2) is 0 Å². The van der Waals surface area contributed by atoms with Crippen LogP contribution >= 0.6 is 0 Å². The zero-order valence-corrected chi connectivity index (χ0v) is 17.0. The van der Waals surface area contributed by atoms with E-state index in [1.165, 1.54) is 18.4 Å². The smallest absolute Gasteiger partial charge is 0.228 e. The van der Waals surface area contributed by atoms with Crippen molar-refractivity contribution < 1.29 is 9.59 Å². The van der Waals surface area contributed by atoms with Crippen molar-refractivity contribution in [1.29, 1.82) is 0 Å². The third-order valence-electron chi connectivity index (χ3n) is 6.16. The predicted octanol–water partition coefficient (Wildman–Crippen LogP) is 3.66. The van der Waals surface area contributed by atoms with Gasteiger partial charge in [0, 0.05) is 25.2 Å². The van der Waals surface area contributed by atoms with Crippen LogP contribution in [-0.4, -0.2) is 29.8 Å². The maximum atomic E-state index is 12.9. The van der Waals surface area contributed by atoms with Crippen LogP contribution in [0.15, 0.2) is 48.5 Å². The molecule has 2 amide bonds. The van der Waals surface area contributed by atoms with Crippen molar-refractivity contribution in [2.24, 2.45) is 5.92 Å². The Labute approximate surface area is 172 Å². The number of benzene rings is 2. The Hall–Kier alpha value is -2.66. The van der Waals surface area contributed by atoms with Gasteiger partial charge in [0.15, 0.2) is 0 Å². The maximum Gasteiger partial charge on any atom is 0.228 e. The van der Waals surface area contributed by atoms with Gasteiger partial charge in [-0.15, -0.1) is 0 Å². The van der Waals surface area contributed by atoms with Gasteiger partial charge in [-0.2, -0.15) is 0 Å². The molecule has 0 aromatic heterocycles. The first-order chi connectivity index (χ1) is 14.1. The Bertz CT molecular complexity index is 887. The second kappa shape index (κ2) is 8.78. The van der Waals surface area contributed by atoms with Gasteiger partial charge in [-0.1, -0.05) is 49.4 Å². The van der Waals surface area contributed by atoms with Crippen LogP contribution in [0.5, 0.6) is 0 Å². The molecule has 0 saturated carbocycles. The number of carbonyl (C=O) groups is 2. The molecule has 1 atom stereocenters. The topological polar surface area (TPSA) is 61.4 Å². The lowest BCUT2D eigenvalue weighted by molar-refractivity contribution is -0.126. The molecule has 1 saturated heterocycles. The predicted molar refractivity (Wildman–Crippen MR) is 114 cm³/mol. The number of para-hydroxylation sites is 1. The van der Waals surface area contributed by atoms with Gasteiger partial charge in [0.25, 0.3) is 0 Å². The maximum absolute atomic E-state index is 12.9. The van der Waals surface area contributed by atoms with Crippen molar-refractivity contribution in [3.8, 4) is 0 Å². The van der Waals surface area contributed by atoms with Crippen LogP contribution in [0, 0.1) is 5.92 Å². The lowest BCUT2D eigenvalue weighted by Gasteiger charge is -2.30. The van der Waals surface area contributed by atoms with Crippen LogP contribution in [0.4, 0.5) is 5.69 Å². The highest BCUT2D eigenvalue weighted by Crippen LogP contribution is 2.32. The van der Waals surface area contributed by atoms with Crippen molar-refractivity contribution >= 4 is 17.5 Å². The number of fused-ring (bicyclic) bond motifs is 1. The van der Waals surface area contributed by atoms with E-state index in [-0.39, 0.29) is 18.2 Å². The molecule has 2 aromatic carbocycles. The van der Waals surface area contributed by atoms with E-state index in [0.29, 0.717) is 6.54 Å². The average Bonchev–Trinajstić information content (AvgIpc) is 2.74. The van der Waals surface area contributed by atoms with Crippen molar-refractivity contribution in [1.82, 2.24) is 10.2 Å². The number of likely N-dealkylation sites (tertiary alicyclic amines) is 1. The van der Waals surface area contributed by atoms with E-state index in [4.69, 9.17) is 0 Å². The Kier molecular flexibility index (Phi) is 5.95. The quantitative estimate of drug-likeness (QED) is 0.818. The minimum atomic E-state index is -0.435. The summed E-state index contributed by atoms with van der Waals surface area (Å²) in [5.41, 5.74) is 4.04. The summed E-state index contributed by atoms with van der Waals surface area (Å²) >= 11 is 0. The molecular weight excluding hydrogens is 362 g/mol. The summed E-state index contributed by atoms with van der Waals surface area (Å²) in [6.07, 6.45) is 2.70. The standard InChI is InChI=1S/C24H29N3O2/c1-17-10-12-27(13-11-17)16-19-7-3-2-6-18(19)15-25-24(29)21-14-23(28)26-22-9-5-4-8-20(21)22/h2-9,17,21H,10-16H2,1H3,(H,25,29)(H,26,28). The molecule has 2 aromatic rings. The number of hydrogen-bond acceptors (Lipinski definition) is 3. The van der Waals surface area contributed by atoms with E-state index in [0.717, 1.165) is 42.4 Å². The van der Waals surface area contributed by atoms with Crippen LogP contribution in [0.25, 0.3) is 0 Å². The summed E-state index contributed by atoms with van der Waals surface area (Å²) in [7, 11) is 0. The minimum absolute atomic E-state index is 0.0890. The first-order valence-corrected chi connectivity index (χ1v) is 10.6. The molecule has 2 aliphatic rings. The number of carbonyl (C=O) groups excluding carboxylic acids is 2. The fourth-order valence-corrected chi connectivity index (χ4v) is 4.30. The van der Waals surface area contributed by atoms with Crippen LogP contribution in [-0.2, 0) is 22.7 Å². The number of anilines is 1. The van der Waals surface area contributed by atoms with E-state index < -0.39 is 5.92 Å². The highest BCUT2D eigenvalue weighted by molar-refractivity contribution is 6.01. The molecule has 29 heavy (non-hydrogen) atoms. The van der Waals surface area contributed by atoms with Gasteiger partial charge in [-0.3, -0.25) is 14.5 Å². The molecule has 1 unspecified atom stereocenters. The van der Waals surface area contributed by atoms with E-state index in [9.17, 15) is 9.59 Å². The van der Waals surface area contributed by atoms with Gasteiger partial charge in [-0.05, 0) is 54.6 Å². The van der Waals surface area contributed by atoms with Crippen molar-refractivity contribution in [2.45, 2.75) is 45.2 Å². The molecule has 152 valence electrons. The Morgan fingerprint density at radius 1 is 1.07 bits per heavy atom. The molecule has 0 spiro atoms. The molecule has 2 N–H and O–H groups in total. The third kappa shape index (κ3) is 4.67. The van der Waals surface area contributed by atoms with Crippen molar-refractivity contribution in [2.75, 3.05) is 18.4 Å². The summed E-state index contributed by atoms with van der Waals surface area (Å²) in [6.45, 7) is 6.00. The Morgan fingerprint density at radius 2 is 1.76 bits per heavy atom. The van der Waals surface area contributed by atoms with Gasteiger partial charge < -0.3 is 10.6 Å². The molecule has 2 aliphatic heterocycles. The molecule has 0 bridgehead atoms. The molecule has 5 nitrogen and oxygen atoms in total. The first-order valence-electron chi connectivity index (χ1n) is 10.6. The molecule has 0 aliphatic carbocycles. The van der Waals surface area contributed by atoms with E-state index in [2.05, 4.69) is 40.7 Å². The Balaban J connectivity index is 1.42. The summed E-state index contributed by atoms with van der Waals surface area (Å²) < 4.78 is 0. The van der Waals surface area contributed by atoms with Crippen LogP contribution in [0.1, 0.15) is 48.8 Å². The summed E-state index contributed by atoms with van der Waals surface area (Å²) in [5.74, 6) is 0.185. The van der Waals surface area contributed by atoms with Crippen LogP contribution < -0.4 is 10.6 Å². The fraction of sp³-hybridized carbons (Fsp3) is 0.417. The SMILES string of the molecule is CC1CCN(Cc2ccccc2CNC(=O)C2CC(=O)Nc3ccccc32)CC1. The molecule has 2 heterocycles. The minimum Gasteiger partial charge on any atom is -0.351 e. The number of amides is 2. The molecular formula is C24H29N3O2. The first kappa shape index (κ1) is 19.6. The molecule has 4 rings (SSSR count). The summed E-state index contributed by atoms with van der Waals surface area (Å²) in [5, 5.41) is 5.93. The van der Waals surface area contributed by atoms with Crippen LogP contribution in [0.3, 0.4) is 0 Å². The monoisotopic (exact) mass is 391 g/mol. The van der Waals surface area contributed by atoms with E-state index in [1.54, 1.807) is 0 Å². The fourth-order valence-electron chi connectivity index (χ4n) is 4.30. The number of nitrogens with zero attached hydrogens (tertiary/aromatic N) is 1. The molecule has 5 heteroatoms. The molecule has 0 radical (unpaired) electrons. The zero-order chi connectivity index (χ0) is 20.2. The summed E-state index contributed by atoms with van der Waals surface area (Å²) in [6, 6.07) is 15.9. The lowest BCUT2D eigenvalue weighted by atomic mass is 9.89. The third-order valence-corrected chi connectivity index (χ3v) is 6.16. The number of hydrogen-bond donors (Lipinski definition) is 2. The number of nitrogens with one attached hydrogen (secondary N) is 2. The number of rotatable bonds is 5. The zero-order valence-electron chi connectivity index (χ0n) is 17.0. The van der Waals surface area contributed by atoms with Crippen molar-refractivity contribution in [3.63, 3.8) is 0 Å². The van der Waals surface area contributed by atoms with Gasteiger partial charge >= 0.3 is 0 Å². The summed E-state index contributed by atoms with van der Waals surface area (Å²) in [4.78, 5) is 27.4. The van der Waals surface area contributed by atoms with Gasteiger partial charge in [0.05, 0.1) is 5.92 Å². The van der Waals surface area contributed by atoms with E-state index in [1.807, 2.05) is 30.3 Å². The highest BCUT2D eigenvalue weighted by atomic mass is 16.2. The van der Waals surface area contributed by atoms with Crippen LogP contribution in [0.2, 0.25) is 0 Å². The van der Waals surface area contributed by atoms with Crippen molar-refractivity contribution in [3.05, 3.63) is 65.2 Å². The normalized spacial score (nSPS) is 20.0. The number of piperidine rings is 1. The van der Waals surface area contributed by atoms with Gasteiger partial charge in [0.2, 0.25) is 11.8 Å².